The molecule has 3 rings (SSSR count). The topological polar surface area (TPSA) is 65.4 Å². The molecule has 0 fully saturated rings. The van der Waals surface area contributed by atoms with Gasteiger partial charge in [0, 0.05) is 30.4 Å². The molecule has 156 valence electrons. The number of anilines is 1. The van der Waals surface area contributed by atoms with E-state index in [4.69, 9.17) is 21.1 Å². The second kappa shape index (κ2) is 10.2. The summed E-state index contributed by atoms with van der Waals surface area (Å²) in [7, 11) is 3.46. The maximum atomic E-state index is 12.5. The van der Waals surface area contributed by atoms with Crippen molar-refractivity contribution in [2.75, 3.05) is 19.0 Å². The normalized spacial score (nSPS) is 10.9. The Morgan fingerprint density at radius 3 is 2.83 bits per heavy atom. The third kappa shape index (κ3) is 5.37. The van der Waals surface area contributed by atoms with Crippen LogP contribution >= 0.6 is 23.4 Å². The maximum absolute atomic E-state index is 12.5. The lowest BCUT2D eigenvalue weighted by atomic mass is 10.2. The molecule has 0 aliphatic heterocycles. The second-order valence-corrected chi connectivity index (χ2v) is 7.62. The van der Waals surface area contributed by atoms with Crippen molar-refractivity contribution >= 4 is 41.0 Å². The van der Waals surface area contributed by atoms with Gasteiger partial charge in [0.2, 0.25) is 5.91 Å². The van der Waals surface area contributed by atoms with Crippen molar-refractivity contribution in [1.29, 1.82) is 0 Å². The number of carbonyl (C=O) groups excluding carboxylic acids is 1. The zero-order chi connectivity index (χ0) is 21.5. The molecule has 0 saturated heterocycles. The fourth-order valence-electron chi connectivity index (χ4n) is 2.70. The van der Waals surface area contributed by atoms with Gasteiger partial charge in [0.1, 0.15) is 0 Å². The van der Waals surface area contributed by atoms with Crippen molar-refractivity contribution in [2.24, 2.45) is 7.05 Å². The van der Waals surface area contributed by atoms with Crippen molar-refractivity contribution in [1.82, 2.24) is 9.55 Å². The Morgan fingerprint density at radius 2 is 2.13 bits per heavy atom. The van der Waals surface area contributed by atoms with Crippen LogP contribution in [0.3, 0.4) is 0 Å². The van der Waals surface area contributed by atoms with Crippen LogP contribution in [0.15, 0.2) is 64.9 Å². The van der Waals surface area contributed by atoms with Gasteiger partial charge in [-0.3, -0.25) is 4.79 Å². The smallest absolute Gasteiger partial charge is 0.248 e. The van der Waals surface area contributed by atoms with Crippen LogP contribution in [0.4, 0.5) is 5.69 Å². The number of benzene rings is 2. The van der Waals surface area contributed by atoms with Crippen LogP contribution in [0.2, 0.25) is 5.02 Å². The molecular weight excluding hydrogens is 422 g/mol. The number of imidazole rings is 1. The first kappa shape index (κ1) is 21.8. The van der Waals surface area contributed by atoms with Crippen LogP contribution in [0.25, 0.3) is 6.08 Å². The number of methoxy groups -OCH3 is 1. The first-order chi connectivity index (χ1) is 14.5. The molecule has 6 nitrogen and oxygen atoms in total. The summed E-state index contributed by atoms with van der Waals surface area (Å²) in [6, 6.07) is 11.1. The molecular formula is C22H22ClN3O3S. The van der Waals surface area contributed by atoms with Gasteiger partial charge in [-0.2, -0.15) is 0 Å². The Labute approximate surface area is 184 Å². The first-order valence-corrected chi connectivity index (χ1v) is 10.4. The van der Waals surface area contributed by atoms with E-state index >= 15 is 0 Å². The molecule has 1 heterocycles. The molecule has 30 heavy (non-hydrogen) atoms. The van der Waals surface area contributed by atoms with Gasteiger partial charge in [-0.25, -0.2) is 4.98 Å². The summed E-state index contributed by atoms with van der Waals surface area (Å²) < 4.78 is 12.8. The van der Waals surface area contributed by atoms with Crippen LogP contribution < -0.4 is 14.8 Å². The zero-order valence-corrected chi connectivity index (χ0v) is 18.5. The zero-order valence-electron chi connectivity index (χ0n) is 16.9. The monoisotopic (exact) mass is 443 g/mol. The largest absolute Gasteiger partial charge is 0.491 e. The van der Waals surface area contributed by atoms with E-state index in [2.05, 4.69) is 10.3 Å². The SMILES string of the molecule is CCOc1cc(/C=C/C(=O)Nc2ccccc2Sc2nccn2C)cc(Cl)c1OC. The summed E-state index contributed by atoms with van der Waals surface area (Å²) in [6.07, 6.45) is 6.75. The Hall–Kier alpha value is -2.90. The Bertz CT molecular complexity index is 1070. The second-order valence-electron chi connectivity index (χ2n) is 6.21. The molecule has 0 spiro atoms. The molecule has 0 bridgehead atoms. The predicted molar refractivity (Wildman–Crippen MR) is 121 cm³/mol. The summed E-state index contributed by atoms with van der Waals surface area (Å²) in [6.45, 7) is 2.36. The standard InChI is InChI=1S/C22H22ClN3O3S/c1-4-29-18-14-15(13-16(23)21(18)28-3)9-10-20(27)25-17-7-5-6-8-19(17)30-22-24-11-12-26(22)2/h5-14H,4H2,1-3H3,(H,25,27)/b10-9+. The van der Waals surface area contributed by atoms with Crippen LogP contribution in [-0.2, 0) is 11.8 Å². The highest BCUT2D eigenvalue weighted by atomic mass is 35.5. The van der Waals surface area contributed by atoms with Crippen LogP contribution in [0, 0.1) is 0 Å². The summed E-state index contributed by atoms with van der Waals surface area (Å²) in [5, 5.41) is 4.17. The molecule has 0 aliphatic carbocycles. The van der Waals surface area contributed by atoms with Gasteiger partial charge in [-0.05, 0) is 54.6 Å². The van der Waals surface area contributed by atoms with Crippen molar-refractivity contribution in [3.63, 3.8) is 0 Å². The molecule has 3 aromatic rings. The lowest BCUT2D eigenvalue weighted by molar-refractivity contribution is -0.111. The van der Waals surface area contributed by atoms with Gasteiger partial charge in [-0.15, -0.1) is 0 Å². The molecule has 0 saturated carbocycles. The number of para-hydroxylation sites is 1. The van der Waals surface area contributed by atoms with Gasteiger partial charge in [0.25, 0.3) is 0 Å². The highest BCUT2D eigenvalue weighted by molar-refractivity contribution is 7.99. The molecule has 1 amide bonds. The number of aryl methyl sites for hydroxylation is 1. The average Bonchev–Trinajstić information content (AvgIpc) is 3.12. The van der Waals surface area contributed by atoms with E-state index in [1.54, 1.807) is 24.4 Å². The molecule has 0 unspecified atom stereocenters. The van der Waals surface area contributed by atoms with E-state index in [9.17, 15) is 4.79 Å². The quantitative estimate of drug-likeness (QED) is 0.479. The summed E-state index contributed by atoms with van der Waals surface area (Å²) >= 11 is 7.75. The number of nitrogens with one attached hydrogen (secondary N) is 1. The molecule has 1 N–H and O–H groups in total. The van der Waals surface area contributed by atoms with Crippen LogP contribution in [0.1, 0.15) is 12.5 Å². The van der Waals surface area contributed by atoms with Crippen molar-refractivity contribution in [3.8, 4) is 11.5 Å². The minimum absolute atomic E-state index is 0.257. The molecule has 8 heteroatoms. The number of amides is 1. The number of carbonyl (C=O) groups is 1. The Balaban J connectivity index is 1.75. The number of hydrogen-bond donors (Lipinski definition) is 1. The highest BCUT2D eigenvalue weighted by Gasteiger charge is 2.11. The number of ether oxygens (including phenoxy) is 2. The van der Waals surface area contributed by atoms with Gasteiger partial charge in [0.05, 0.1) is 24.4 Å². The fourth-order valence-corrected chi connectivity index (χ4v) is 3.89. The lowest BCUT2D eigenvalue weighted by Crippen LogP contribution is -2.08. The molecule has 0 radical (unpaired) electrons. The van der Waals surface area contributed by atoms with Gasteiger partial charge < -0.3 is 19.4 Å². The third-order valence-corrected chi connectivity index (χ3v) is 5.52. The number of nitrogens with zero attached hydrogens (tertiary/aromatic N) is 2. The van der Waals surface area contributed by atoms with Gasteiger partial charge in [0.15, 0.2) is 16.7 Å². The van der Waals surface area contributed by atoms with Crippen molar-refractivity contribution in [3.05, 3.63) is 65.5 Å². The minimum Gasteiger partial charge on any atom is -0.491 e. The number of rotatable bonds is 8. The van der Waals surface area contributed by atoms with E-state index in [1.807, 2.05) is 49.0 Å². The highest BCUT2D eigenvalue weighted by Crippen LogP contribution is 2.37. The Morgan fingerprint density at radius 1 is 1.33 bits per heavy atom. The van der Waals surface area contributed by atoms with E-state index < -0.39 is 0 Å². The molecule has 0 aliphatic rings. The number of halogens is 1. The maximum Gasteiger partial charge on any atom is 0.248 e. The van der Waals surface area contributed by atoms with Crippen molar-refractivity contribution in [2.45, 2.75) is 17.0 Å². The molecule has 0 atom stereocenters. The van der Waals surface area contributed by atoms with E-state index in [1.165, 1.54) is 24.9 Å². The summed E-state index contributed by atoms with van der Waals surface area (Å²) in [5.41, 5.74) is 1.44. The average molecular weight is 444 g/mol. The minimum atomic E-state index is -0.257. The summed E-state index contributed by atoms with van der Waals surface area (Å²) in [5.74, 6) is 0.748. The first-order valence-electron chi connectivity index (χ1n) is 9.25. The van der Waals surface area contributed by atoms with E-state index in [-0.39, 0.29) is 5.91 Å². The van der Waals surface area contributed by atoms with Crippen molar-refractivity contribution < 1.29 is 14.3 Å². The van der Waals surface area contributed by atoms with Gasteiger partial charge >= 0.3 is 0 Å². The predicted octanol–water partition coefficient (Wildman–Crippen LogP) is 5.28. The number of aromatic nitrogens is 2. The lowest BCUT2D eigenvalue weighted by Gasteiger charge is -2.12. The van der Waals surface area contributed by atoms with Gasteiger partial charge in [-0.1, -0.05) is 23.7 Å². The molecule has 1 aromatic heterocycles. The molecule has 2 aromatic carbocycles. The summed E-state index contributed by atoms with van der Waals surface area (Å²) in [4.78, 5) is 17.7. The third-order valence-electron chi connectivity index (χ3n) is 4.09. The Kier molecular flexibility index (Phi) is 7.43. The fraction of sp³-hybridized carbons (Fsp3) is 0.182. The van der Waals surface area contributed by atoms with Crippen LogP contribution in [-0.4, -0.2) is 29.2 Å². The van der Waals surface area contributed by atoms with E-state index in [0.29, 0.717) is 28.8 Å². The number of hydrogen-bond acceptors (Lipinski definition) is 5. The van der Waals surface area contributed by atoms with Crippen LogP contribution in [0.5, 0.6) is 11.5 Å². The van der Waals surface area contributed by atoms with E-state index in [0.717, 1.165) is 15.6 Å².